The minimum Gasteiger partial charge on any atom is -0.462 e. The fraction of sp³-hybridized carbons (Fsp3) is 0.160. The lowest BCUT2D eigenvalue weighted by molar-refractivity contribution is -0.139. The molecule has 0 spiro atoms. The van der Waals surface area contributed by atoms with E-state index in [4.69, 9.17) is 14.2 Å². The van der Waals surface area contributed by atoms with E-state index >= 15 is 0 Å². The zero-order chi connectivity index (χ0) is 23.8. The van der Waals surface area contributed by atoms with Gasteiger partial charge in [-0.05, 0) is 49.2 Å². The second-order valence-corrected chi connectivity index (χ2v) is 7.00. The quantitative estimate of drug-likeness (QED) is 0.313. The number of esters is 3. The highest BCUT2D eigenvalue weighted by molar-refractivity contribution is 5.90. The number of hydrogen-bond donors (Lipinski definition) is 0. The molecule has 2 aromatic rings. The summed E-state index contributed by atoms with van der Waals surface area (Å²) >= 11 is 0. The van der Waals surface area contributed by atoms with Gasteiger partial charge in [-0.3, -0.25) is 0 Å². The number of ether oxygens (including phenoxy) is 3. The van der Waals surface area contributed by atoms with Crippen LogP contribution in [0.15, 0.2) is 78.9 Å². The van der Waals surface area contributed by atoms with Gasteiger partial charge in [0.25, 0.3) is 0 Å². The molecule has 0 aliphatic heterocycles. The largest absolute Gasteiger partial charge is 0.462 e. The highest BCUT2D eigenvalue weighted by Gasteiger charge is 2.15. The van der Waals surface area contributed by atoms with Crippen LogP contribution in [0.1, 0.15) is 20.3 Å². The van der Waals surface area contributed by atoms with E-state index in [0.717, 1.165) is 0 Å². The second kappa shape index (κ2) is 10.9. The molecule has 0 atom stereocenters. The second-order valence-electron chi connectivity index (χ2n) is 7.00. The van der Waals surface area contributed by atoms with Crippen LogP contribution in [0.4, 0.5) is 4.39 Å². The van der Waals surface area contributed by atoms with Crippen LogP contribution in [0.5, 0.6) is 11.5 Å². The molecule has 0 heterocycles. The summed E-state index contributed by atoms with van der Waals surface area (Å²) in [5, 5.41) is 0. The molecule has 32 heavy (non-hydrogen) atoms. The molecule has 0 amide bonds. The lowest BCUT2D eigenvalue weighted by Crippen LogP contribution is -2.14. The summed E-state index contributed by atoms with van der Waals surface area (Å²) in [5.41, 5.74) is 1.74. The Morgan fingerprint density at radius 1 is 0.812 bits per heavy atom. The van der Waals surface area contributed by atoms with Crippen molar-refractivity contribution in [2.45, 2.75) is 20.3 Å². The van der Waals surface area contributed by atoms with Crippen molar-refractivity contribution in [2.75, 3.05) is 6.61 Å². The molecule has 0 aliphatic carbocycles. The van der Waals surface area contributed by atoms with Gasteiger partial charge in [-0.1, -0.05) is 37.9 Å². The van der Waals surface area contributed by atoms with Crippen molar-refractivity contribution in [3.8, 4) is 22.6 Å². The van der Waals surface area contributed by atoms with E-state index in [1.165, 1.54) is 19.1 Å². The Balaban J connectivity index is 1.99. The summed E-state index contributed by atoms with van der Waals surface area (Å²) in [4.78, 5) is 35.0. The number of carbonyl (C=O) groups excluding carboxylic acids is 3. The maximum absolute atomic E-state index is 14.5. The van der Waals surface area contributed by atoms with Gasteiger partial charge >= 0.3 is 17.9 Å². The van der Waals surface area contributed by atoms with Crippen molar-refractivity contribution in [3.63, 3.8) is 0 Å². The lowest BCUT2D eigenvalue weighted by atomic mass is 10.1. The minimum absolute atomic E-state index is 0.0305. The molecule has 2 aromatic carbocycles. The molecule has 7 heteroatoms. The van der Waals surface area contributed by atoms with E-state index in [1.54, 1.807) is 37.3 Å². The Kier molecular flexibility index (Phi) is 8.24. The summed E-state index contributed by atoms with van der Waals surface area (Å²) in [6, 6.07) is 10.6. The number of hydrogen-bond acceptors (Lipinski definition) is 6. The smallest absolute Gasteiger partial charge is 0.339 e. The van der Waals surface area contributed by atoms with Crippen LogP contribution >= 0.6 is 0 Å². The molecule has 0 aromatic heterocycles. The molecule has 0 bridgehead atoms. The Morgan fingerprint density at radius 2 is 1.41 bits per heavy atom. The van der Waals surface area contributed by atoms with Crippen molar-refractivity contribution in [1.29, 1.82) is 0 Å². The summed E-state index contributed by atoms with van der Waals surface area (Å²) in [6.07, 6.45) is 0.0415. The highest BCUT2D eigenvalue weighted by atomic mass is 19.1. The fourth-order valence-electron chi connectivity index (χ4n) is 2.34. The molecular formula is C25H23FO6. The maximum Gasteiger partial charge on any atom is 0.339 e. The topological polar surface area (TPSA) is 78.9 Å². The van der Waals surface area contributed by atoms with E-state index in [2.05, 4.69) is 19.7 Å². The summed E-state index contributed by atoms with van der Waals surface area (Å²) in [7, 11) is 0. The van der Waals surface area contributed by atoms with Crippen molar-refractivity contribution in [2.24, 2.45) is 0 Å². The zero-order valence-electron chi connectivity index (χ0n) is 17.9. The van der Waals surface area contributed by atoms with Gasteiger partial charge < -0.3 is 14.2 Å². The molecule has 0 radical (unpaired) electrons. The van der Waals surface area contributed by atoms with Gasteiger partial charge in [0.2, 0.25) is 0 Å². The first kappa shape index (κ1) is 24.3. The summed E-state index contributed by atoms with van der Waals surface area (Å²) < 4.78 is 29.5. The van der Waals surface area contributed by atoms with Crippen LogP contribution in [-0.4, -0.2) is 24.5 Å². The van der Waals surface area contributed by atoms with E-state index in [1.807, 2.05) is 0 Å². The molecule has 0 aliphatic rings. The molecule has 0 fully saturated rings. The molecular weight excluding hydrogens is 415 g/mol. The van der Waals surface area contributed by atoms with Gasteiger partial charge in [0.15, 0.2) is 11.6 Å². The Morgan fingerprint density at radius 3 is 1.97 bits per heavy atom. The molecule has 0 saturated carbocycles. The average Bonchev–Trinajstić information content (AvgIpc) is 2.75. The van der Waals surface area contributed by atoms with Crippen molar-refractivity contribution in [3.05, 3.63) is 84.7 Å². The number of benzene rings is 2. The van der Waals surface area contributed by atoms with Crippen LogP contribution in [0.2, 0.25) is 0 Å². The van der Waals surface area contributed by atoms with E-state index in [9.17, 15) is 18.8 Å². The zero-order valence-corrected chi connectivity index (χ0v) is 17.9. The third kappa shape index (κ3) is 6.77. The molecule has 6 nitrogen and oxygen atoms in total. The predicted molar refractivity (Wildman–Crippen MR) is 117 cm³/mol. The summed E-state index contributed by atoms with van der Waals surface area (Å²) in [6.45, 7) is 13.5. The SMILES string of the molecule is C=C(C)C(=O)OCCC(=C)C(=O)Oc1ccc(-c2ccc(OC(=O)C(=C)C)cc2)cc1F. The number of halogens is 1. The monoisotopic (exact) mass is 438 g/mol. The van der Waals surface area contributed by atoms with Gasteiger partial charge in [-0.25, -0.2) is 18.8 Å². The summed E-state index contributed by atoms with van der Waals surface area (Å²) in [5.74, 6) is -2.60. The normalized spacial score (nSPS) is 10.1. The van der Waals surface area contributed by atoms with E-state index in [-0.39, 0.29) is 35.5 Å². The lowest BCUT2D eigenvalue weighted by Gasteiger charge is -2.10. The third-order valence-corrected chi connectivity index (χ3v) is 4.16. The number of carbonyl (C=O) groups is 3. The van der Waals surface area contributed by atoms with Gasteiger partial charge in [-0.15, -0.1) is 0 Å². The molecule has 166 valence electrons. The molecule has 0 N–H and O–H groups in total. The van der Waals surface area contributed by atoms with Crippen molar-refractivity contribution < 1.29 is 33.0 Å². The van der Waals surface area contributed by atoms with Gasteiger partial charge in [0.05, 0.1) is 6.61 Å². The standard InChI is InChI=1S/C25H23FO6/c1-15(2)23(27)30-13-12-17(5)25(29)32-22-11-8-19(14-21(22)26)18-6-9-20(10-7-18)31-24(28)16(3)4/h6-11,14H,1,3,5,12-13H2,2,4H3. The van der Waals surface area contributed by atoms with Gasteiger partial charge in [-0.2, -0.15) is 0 Å². The maximum atomic E-state index is 14.5. The van der Waals surface area contributed by atoms with Crippen LogP contribution in [0.3, 0.4) is 0 Å². The molecule has 2 rings (SSSR count). The van der Waals surface area contributed by atoms with E-state index < -0.39 is 23.7 Å². The Hall–Kier alpha value is -4.00. The Bertz CT molecular complexity index is 1080. The van der Waals surface area contributed by atoms with Crippen LogP contribution < -0.4 is 9.47 Å². The first-order valence-corrected chi connectivity index (χ1v) is 9.58. The number of rotatable bonds is 9. The van der Waals surface area contributed by atoms with Crippen molar-refractivity contribution >= 4 is 17.9 Å². The fourth-order valence-corrected chi connectivity index (χ4v) is 2.34. The highest BCUT2D eigenvalue weighted by Crippen LogP contribution is 2.28. The van der Waals surface area contributed by atoms with Gasteiger partial charge in [0, 0.05) is 23.1 Å². The predicted octanol–water partition coefficient (Wildman–Crippen LogP) is 4.95. The van der Waals surface area contributed by atoms with Crippen molar-refractivity contribution in [1.82, 2.24) is 0 Å². The Labute approximate surface area is 185 Å². The van der Waals surface area contributed by atoms with Gasteiger partial charge in [0.1, 0.15) is 5.75 Å². The first-order chi connectivity index (χ1) is 15.1. The van der Waals surface area contributed by atoms with Crippen LogP contribution in [0.25, 0.3) is 11.1 Å². The minimum atomic E-state index is -0.827. The van der Waals surface area contributed by atoms with Crippen LogP contribution in [-0.2, 0) is 19.1 Å². The molecule has 0 unspecified atom stereocenters. The van der Waals surface area contributed by atoms with Crippen LogP contribution in [0, 0.1) is 5.82 Å². The first-order valence-electron chi connectivity index (χ1n) is 9.58. The molecule has 0 saturated heterocycles. The van der Waals surface area contributed by atoms with E-state index in [0.29, 0.717) is 16.9 Å². The third-order valence-electron chi connectivity index (χ3n) is 4.16. The average molecular weight is 438 g/mol.